The Kier molecular flexibility index (Phi) is 4.79. The van der Waals surface area contributed by atoms with Crippen molar-refractivity contribution in [2.75, 3.05) is 13.2 Å². The Morgan fingerprint density at radius 3 is 2.69 bits per heavy atom. The molecule has 1 aromatic carbocycles. The summed E-state index contributed by atoms with van der Waals surface area (Å²) >= 11 is 0. The van der Waals surface area contributed by atoms with Crippen molar-refractivity contribution in [2.24, 2.45) is 0 Å². The van der Waals surface area contributed by atoms with Crippen LogP contribution in [0.2, 0.25) is 0 Å². The van der Waals surface area contributed by atoms with Gasteiger partial charge in [0.05, 0.1) is 6.61 Å². The van der Waals surface area contributed by atoms with Gasteiger partial charge in [-0.3, -0.25) is 4.79 Å². The maximum atomic E-state index is 11.1. The molecule has 0 saturated heterocycles. The summed E-state index contributed by atoms with van der Waals surface area (Å²) < 4.78 is 5.41. The summed E-state index contributed by atoms with van der Waals surface area (Å²) in [4.78, 5) is 11.1. The van der Waals surface area contributed by atoms with Crippen LogP contribution in [0.25, 0.3) is 0 Å². The van der Waals surface area contributed by atoms with Gasteiger partial charge in [-0.25, -0.2) is 0 Å². The fourth-order valence-corrected chi connectivity index (χ4v) is 1.54. The van der Waals surface area contributed by atoms with E-state index in [1.807, 2.05) is 26.0 Å². The summed E-state index contributed by atoms with van der Waals surface area (Å²) in [6, 6.07) is 6.48. The Balaban J connectivity index is 3.02. The van der Waals surface area contributed by atoms with E-state index in [4.69, 9.17) is 9.84 Å². The van der Waals surface area contributed by atoms with Crippen LogP contribution in [0.4, 0.5) is 0 Å². The van der Waals surface area contributed by atoms with Gasteiger partial charge in [0, 0.05) is 5.56 Å². The number of hydrogen-bond acceptors (Lipinski definition) is 3. The minimum Gasteiger partial charge on any atom is -0.494 e. The largest absolute Gasteiger partial charge is 0.494 e. The fraction of sp³-hybridized carbons (Fsp3) is 0.417. The Bertz CT molecular complexity index is 352. The lowest BCUT2D eigenvalue weighted by Gasteiger charge is -2.17. The van der Waals surface area contributed by atoms with Crippen molar-refractivity contribution in [2.45, 2.75) is 19.9 Å². The quantitative estimate of drug-likeness (QED) is 0.772. The highest BCUT2D eigenvalue weighted by atomic mass is 16.5. The lowest BCUT2D eigenvalue weighted by Crippen LogP contribution is -2.28. The molecule has 1 rings (SSSR count). The van der Waals surface area contributed by atoms with Gasteiger partial charge in [0.15, 0.2) is 0 Å². The van der Waals surface area contributed by atoms with Gasteiger partial charge >= 0.3 is 5.97 Å². The smallest absolute Gasteiger partial charge is 0.325 e. The Morgan fingerprint density at radius 1 is 1.44 bits per heavy atom. The molecule has 1 unspecified atom stereocenters. The van der Waals surface area contributed by atoms with E-state index in [-0.39, 0.29) is 0 Å². The second-order valence-corrected chi connectivity index (χ2v) is 3.30. The van der Waals surface area contributed by atoms with Crippen LogP contribution in [0.5, 0.6) is 5.75 Å². The number of aliphatic carboxylic acids is 1. The predicted molar refractivity (Wildman–Crippen MR) is 61.7 cm³/mol. The topological polar surface area (TPSA) is 58.6 Å². The third-order valence-corrected chi connectivity index (χ3v) is 2.19. The zero-order valence-electron chi connectivity index (χ0n) is 9.56. The van der Waals surface area contributed by atoms with Gasteiger partial charge in [-0.2, -0.15) is 0 Å². The number of likely N-dealkylation sites (N-methyl/N-ethyl adjacent to an activating group) is 1. The van der Waals surface area contributed by atoms with E-state index in [1.54, 1.807) is 12.1 Å². The fourth-order valence-electron chi connectivity index (χ4n) is 1.54. The number of carbonyl (C=O) groups is 1. The van der Waals surface area contributed by atoms with Crippen LogP contribution in [0, 0.1) is 0 Å². The minimum absolute atomic E-state index is 0.523. The average Bonchev–Trinajstić information content (AvgIpc) is 2.27. The predicted octanol–water partition coefficient (Wildman–Crippen LogP) is 1.82. The molecule has 16 heavy (non-hydrogen) atoms. The van der Waals surface area contributed by atoms with E-state index in [0.717, 1.165) is 0 Å². The minimum atomic E-state index is -0.894. The van der Waals surface area contributed by atoms with Gasteiger partial charge < -0.3 is 15.2 Å². The first-order chi connectivity index (χ1) is 7.70. The Hall–Kier alpha value is -1.55. The van der Waals surface area contributed by atoms with Gasteiger partial charge in [-0.1, -0.05) is 25.1 Å². The molecule has 0 aliphatic rings. The van der Waals surface area contributed by atoms with E-state index in [0.29, 0.717) is 24.5 Å². The van der Waals surface area contributed by atoms with Crippen molar-refractivity contribution in [1.82, 2.24) is 5.32 Å². The van der Waals surface area contributed by atoms with Crippen molar-refractivity contribution in [1.29, 1.82) is 0 Å². The molecule has 0 amide bonds. The van der Waals surface area contributed by atoms with Crippen molar-refractivity contribution in [3.05, 3.63) is 29.8 Å². The van der Waals surface area contributed by atoms with Crippen LogP contribution >= 0.6 is 0 Å². The van der Waals surface area contributed by atoms with E-state index >= 15 is 0 Å². The van der Waals surface area contributed by atoms with Gasteiger partial charge in [0.1, 0.15) is 11.8 Å². The summed E-state index contributed by atoms with van der Waals surface area (Å²) in [6.45, 7) is 4.87. The van der Waals surface area contributed by atoms with Crippen LogP contribution in [-0.4, -0.2) is 24.2 Å². The SMILES string of the molecule is CCNC(C(=O)O)c1ccccc1OCC. The summed E-state index contributed by atoms with van der Waals surface area (Å²) in [5.41, 5.74) is 0.665. The zero-order valence-corrected chi connectivity index (χ0v) is 9.56. The summed E-state index contributed by atoms with van der Waals surface area (Å²) in [7, 11) is 0. The van der Waals surface area contributed by atoms with E-state index in [1.165, 1.54) is 0 Å². The third kappa shape index (κ3) is 2.97. The summed E-state index contributed by atoms with van der Waals surface area (Å²) in [5, 5.41) is 12.1. The molecule has 4 nitrogen and oxygen atoms in total. The number of nitrogens with one attached hydrogen (secondary N) is 1. The molecule has 0 aromatic heterocycles. The van der Waals surface area contributed by atoms with Crippen LogP contribution in [0.15, 0.2) is 24.3 Å². The van der Waals surface area contributed by atoms with Crippen molar-refractivity contribution < 1.29 is 14.6 Å². The molecule has 0 aliphatic carbocycles. The summed E-state index contributed by atoms with van der Waals surface area (Å²) in [6.07, 6.45) is 0. The first-order valence-corrected chi connectivity index (χ1v) is 5.38. The number of hydrogen-bond donors (Lipinski definition) is 2. The van der Waals surface area contributed by atoms with Crippen molar-refractivity contribution in [3.8, 4) is 5.75 Å². The molecular formula is C12H17NO3. The second-order valence-electron chi connectivity index (χ2n) is 3.30. The molecule has 0 fully saturated rings. The molecule has 0 aliphatic heterocycles. The zero-order chi connectivity index (χ0) is 12.0. The van der Waals surface area contributed by atoms with Gasteiger partial charge in [-0.05, 0) is 19.5 Å². The standard InChI is InChI=1S/C12H17NO3/c1-3-13-11(12(14)15)9-7-5-6-8-10(9)16-4-2/h5-8,11,13H,3-4H2,1-2H3,(H,14,15). The third-order valence-electron chi connectivity index (χ3n) is 2.19. The molecule has 1 aromatic rings. The van der Waals surface area contributed by atoms with Gasteiger partial charge in [0.2, 0.25) is 0 Å². The molecule has 0 saturated carbocycles. The first kappa shape index (κ1) is 12.5. The first-order valence-electron chi connectivity index (χ1n) is 5.38. The molecule has 88 valence electrons. The number of benzene rings is 1. The number of rotatable bonds is 6. The lowest BCUT2D eigenvalue weighted by atomic mass is 10.1. The van der Waals surface area contributed by atoms with Gasteiger partial charge in [0.25, 0.3) is 0 Å². The molecule has 0 heterocycles. The number of para-hydroxylation sites is 1. The summed E-state index contributed by atoms with van der Waals surface area (Å²) in [5.74, 6) is -0.271. The normalized spacial score (nSPS) is 12.1. The number of carboxylic acid groups (broad SMARTS) is 1. The second kappa shape index (κ2) is 6.12. The monoisotopic (exact) mass is 223 g/mol. The van der Waals surface area contributed by atoms with Crippen molar-refractivity contribution >= 4 is 5.97 Å². The number of carboxylic acids is 1. The van der Waals surface area contributed by atoms with Crippen LogP contribution < -0.4 is 10.1 Å². The van der Waals surface area contributed by atoms with Crippen LogP contribution in [0.3, 0.4) is 0 Å². The van der Waals surface area contributed by atoms with E-state index in [9.17, 15) is 4.79 Å². The number of ether oxygens (including phenoxy) is 1. The molecule has 0 spiro atoms. The highest BCUT2D eigenvalue weighted by Crippen LogP contribution is 2.25. The Labute approximate surface area is 95.2 Å². The molecule has 0 bridgehead atoms. The van der Waals surface area contributed by atoms with Crippen LogP contribution in [-0.2, 0) is 4.79 Å². The highest BCUT2D eigenvalue weighted by Gasteiger charge is 2.21. The molecule has 1 atom stereocenters. The van der Waals surface area contributed by atoms with Crippen LogP contribution in [0.1, 0.15) is 25.5 Å². The lowest BCUT2D eigenvalue weighted by molar-refractivity contribution is -0.139. The van der Waals surface area contributed by atoms with E-state index in [2.05, 4.69) is 5.32 Å². The van der Waals surface area contributed by atoms with Crippen molar-refractivity contribution in [3.63, 3.8) is 0 Å². The van der Waals surface area contributed by atoms with E-state index < -0.39 is 12.0 Å². The van der Waals surface area contributed by atoms with Gasteiger partial charge in [-0.15, -0.1) is 0 Å². The molecule has 2 N–H and O–H groups in total. The average molecular weight is 223 g/mol. The highest BCUT2D eigenvalue weighted by molar-refractivity contribution is 5.76. The molecule has 0 radical (unpaired) electrons. The maximum Gasteiger partial charge on any atom is 0.325 e. The Morgan fingerprint density at radius 2 is 2.12 bits per heavy atom. The molecule has 4 heteroatoms. The maximum absolute atomic E-state index is 11.1. The molecular weight excluding hydrogens is 206 g/mol.